The van der Waals surface area contributed by atoms with Gasteiger partial charge in [0.05, 0.1) is 15.3 Å². The molecule has 0 aliphatic heterocycles. The number of halogens is 1. The fraction of sp³-hybridized carbons (Fsp3) is 0.250. The molecule has 0 saturated carbocycles. The number of hydrogen-bond acceptors (Lipinski definition) is 3. The van der Waals surface area contributed by atoms with Gasteiger partial charge in [-0.2, -0.15) is 5.10 Å². The average molecular weight is 357 g/mol. The van der Waals surface area contributed by atoms with E-state index in [4.69, 9.17) is 5.11 Å². The highest BCUT2D eigenvalue weighted by atomic mass is 127. The van der Waals surface area contributed by atoms with E-state index in [0.717, 1.165) is 22.1 Å². The second kappa shape index (κ2) is 5.47. The molecule has 94 valence electrons. The highest BCUT2D eigenvalue weighted by Crippen LogP contribution is 2.13. The summed E-state index contributed by atoms with van der Waals surface area (Å²) in [6.45, 7) is 2.03. The average Bonchev–Trinajstić information content (AvgIpc) is 2.76. The van der Waals surface area contributed by atoms with Crippen molar-refractivity contribution in [2.24, 2.45) is 0 Å². The molecule has 0 atom stereocenters. The standard InChI is InChI=1S/C12H12IN3O2/c1-2-3-10-4-8(12(17)18)5-11(15-10)16-7-9(13)6-14-16/h4-7H,2-3H2,1H3,(H,17,18). The lowest BCUT2D eigenvalue weighted by Gasteiger charge is -2.06. The Morgan fingerprint density at radius 1 is 1.50 bits per heavy atom. The lowest BCUT2D eigenvalue weighted by molar-refractivity contribution is 0.0696. The molecular weight excluding hydrogens is 345 g/mol. The summed E-state index contributed by atoms with van der Waals surface area (Å²) in [4.78, 5) is 15.5. The van der Waals surface area contributed by atoms with Gasteiger partial charge in [0.25, 0.3) is 0 Å². The van der Waals surface area contributed by atoms with Crippen LogP contribution >= 0.6 is 22.6 Å². The zero-order valence-corrected chi connectivity index (χ0v) is 12.0. The molecule has 0 unspecified atom stereocenters. The summed E-state index contributed by atoms with van der Waals surface area (Å²) in [5.41, 5.74) is 1.02. The number of aryl methyl sites for hydroxylation is 1. The maximum atomic E-state index is 11.1. The number of carboxylic acids is 1. The first kappa shape index (κ1) is 13.0. The third-order valence-corrected chi connectivity index (χ3v) is 2.96. The Morgan fingerprint density at radius 3 is 2.83 bits per heavy atom. The molecule has 0 aromatic carbocycles. The second-order valence-corrected chi connectivity index (χ2v) is 5.11. The molecule has 18 heavy (non-hydrogen) atoms. The van der Waals surface area contributed by atoms with E-state index in [0.29, 0.717) is 5.82 Å². The first-order valence-corrected chi connectivity index (χ1v) is 6.63. The Bertz CT molecular complexity index is 580. The minimum absolute atomic E-state index is 0.244. The predicted molar refractivity (Wildman–Crippen MR) is 75.0 cm³/mol. The van der Waals surface area contributed by atoms with Crippen LogP contribution in [0, 0.1) is 3.57 Å². The number of aromatic nitrogens is 3. The van der Waals surface area contributed by atoms with Crippen LogP contribution in [0.2, 0.25) is 0 Å². The first-order valence-electron chi connectivity index (χ1n) is 5.55. The van der Waals surface area contributed by atoms with Crippen LogP contribution in [-0.4, -0.2) is 25.8 Å². The van der Waals surface area contributed by atoms with Gasteiger partial charge in [0.2, 0.25) is 0 Å². The van der Waals surface area contributed by atoms with Gasteiger partial charge >= 0.3 is 5.97 Å². The molecule has 0 aliphatic carbocycles. The van der Waals surface area contributed by atoms with Crippen LogP contribution in [0.3, 0.4) is 0 Å². The number of aromatic carboxylic acids is 1. The SMILES string of the molecule is CCCc1cc(C(=O)O)cc(-n2cc(I)cn2)n1. The Hall–Kier alpha value is -1.44. The van der Waals surface area contributed by atoms with E-state index in [1.165, 1.54) is 6.07 Å². The summed E-state index contributed by atoms with van der Waals surface area (Å²) in [5.74, 6) is -0.404. The van der Waals surface area contributed by atoms with Gasteiger partial charge in [-0.05, 0) is 41.1 Å². The van der Waals surface area contributed by atoms with Crippen LogP contribution in [0.1, 0.15) is 29.4 Å². The Labute approximate surface area is 118 Å². The highest BCUT2D eigenvalue weighted by molar-refractivity contribution is 14.1. The molecule has 0 fully saturated rings. The van der Waals surface area contributed by atoms with Gasteiger partial charge in [0.1, 0.15) is 0 Å². The van der Waals surface area contributed by atoms with E-state index >= 15 is 0 Å². The molecule has 1 N–H and O–H groups in total. The lowest BCUT2D eigenvalue weighted by Crippen LogP contribution is -2.06. The zero-order valence-electron chi connectivity index (χ0n) is 9.80. The number of nitrogens with zero attached hydrogens (tertiary/aromatic N) is 3. The number of hydrogen-bond donors (Lipinski definition) is 1. The summed E-state index contributed by atoms with van der Waals surface area (Å²) in [6, 6.07) is 3.15. The molecular formula is C12H12IN3O2. The molecule has 0 radical (unpaired) electrons. The number of rotatable bonds is 4. The third-order valence-electron chi connectivity index (χ3n) is 2.40. The van der Waals surface area contributed by atoms with Gasteiger partial charge in [-0.3, -0.25) is 0 Å². The normalized spacial score (nSPS) is 10.6. The Morgan fingerprint density at radius 2 is 2.28 bits per heavy atom. The monoisotopic (exact) mass is 357 g/mol. The maximum absolute atomic E-state index is 11.1. The van der Waals surface area contributed by atoms with E-state index in [1.54, 1.807) is 16.9 Å². The second-order valence-electron chi connectivity index (χ2n) is 3.86. The molecule has 2 aromatic rings. The van der Waals surface area contributed by atoms with E-state index in [9.17, 15) is 4.79 Å². The third kappa shape index (κ3) is 2.87. The van der Waals surface area contributed by atoms with Crippen LogP contribution in [0.5, 0.6) is 0 Å². The first-order chi connectivity index (χ1) is 8.60. The summed E-state index contributed by atoms with van der Waals surface area (Å²) >= 11 is 2.15. The Balaban J connectivity index is 2.49. The number of carbonyl (C=O) groups is 1. The predicted octanol–water partition coefficient (Wildman–Crippen LogP) is 2.52. The molecule has 2 rings (SSSR count). The smallest absolute Gasteiger partial charge is 0.335 e. The maximum Gasteiger partial charge on any atom is 0.335 e. The van der Waals surface area contributed by atoms with Crippen molar-refractivity contribution in [2.45, 2.75) is 19.8 Å². The highest BCUT2D eigenvalue weighted by Gasteiger charge is 2.10. The van der Waals surface area contributed by atoms with Crippen molar-refractivity contribution >= 4 is 28.6 Å². The van der Waals surface area contributed by atoms with E-state index in [1.807, 2.05) is 13.1 Å². The largest absolute Gasteiger partial charge is 0.478 e. The van der Waals surface area contributed by atoms with Gasteiger partial charge in [-0.15, -0.1) is 0 Å². The lowest BCUT2D eigenvalue weighted by atomic mass is 10.1. The number of carboxylic acid groups (broad SMARTS) is 1. The minimum atomic E-state index is -0.946. The van der Waals surface area contributed by atoms with E-state index < -0.39 is 5.97 Å². The van der Waals surface area contributed by atoms with Crippen LogP contribution in [0.15, 0.2) is 24.5 Å². The molecule has 0 spiro atoms. The van der Waals surface area contributed by atoms with Crippen LogP contribution in [-0.2, 0) is 6.42 Å². The fourth-order valence-corrected chi connectivity index (χ4v) is 2.01. The fourth-order valence-electron chi connectivity index (χ4n) is 1.62. The van der Waals surface area contributed by atoms with Gasteiger partial charge in [-0.25, -0.2) is 14.5 Å². The van der Waals surface area contributed by atoms with Crippen molar-refractivity contribution < 1.29 is 9.90 Å². The van der Waals surface area contributed by atoms with E-state index in [2.05, 4.69) is 32.7 Å². The molecule has 6 heteroatoms. The van der Waals surface area contributed by atoms with Crippen LogP contribution in [0.4, 0.5) is 0 Å². The van der Waals surface area contributed by atoms with Gasteiger partial charge in [-0.1, -0.05) is 13.3 Å². The molecule has 2 aromatic heterocycles. The molecule has 0 saturated heterocycles. The van der Waals surface area contributed by atoms with Crippen molar-refractivity contribution in [1.29, 1.82) is 0 Å². The summed E-state index contributed by atoms with van der Waals surface area (Å²) in [5, 5.41) is 13.2. The topological polar surface area (TPSA) is 68.0 Å². The van der Waals surface area contributed by atoms with Crippen molar-refractivity contribution in [3.63, 3.8) is 0 Å². The summed E-state index contributed by atoms with van der Waals surface area (Å²) < 4.78 is 2.57. The van der Waals surface area contributed by atoms with Crippen LogP contribution in [0.25, 0.3) is 5.82 Å². The zero-order chi connectivity index (χ0) is 13.1. The molecule has 5 nitrogen and oxygen atoms in total. The summed E-state index contributed by atoms with van der Waals surface area (Å²) in [6.07, 6.45) is 5.19. The quantitative estimate of drug-likeness (QED) is 0.854. The minimum Gasteiger partial charge on any atom is -0.478 e. The number of pyridine rings is 1. The molecule has 0 amide bonds. The molecule has 0 aliphatic rings. The van der Waals surface area contributed by atoms with Crippen molar-refractivity contribution in [3.05, 3.63) is 39.4 Å². The Kier molecular flexibility index (Phi) is 3.95. The van der Waals surface area contributed by atoms with Crippen LogP contribution < -0.4 is 0 Å². The van der Waals surface area contributed by atoms with Crippen molar-refractivity contribution in [3.8, 4) is 5.82 Å². The summed E-state index contributed by atoms with van der Waals surface area (Å²) in [7, 11) is 0. The van der Waals surface area contributed by atoms with Gasteiger partial charge in [0, 0.05) is 11.9 Å². The van der Waals surface area contributed by atoms with Crippen molar-refractivity contribution in [2.75, 3.05) is 0 Å². The van der Waals surface area contributed by atoms with Gasteiger partial charge < -0.3 is 5.11 Å². The van der Waals surface area contributed by atoms with Gasteiger partial charge in [0.15, 0.2) is 5.82 Å². The molecule has 0 bridgehead atoms. The van der Waals surface area contributed by atoms with Crippen molar-refractivity contribution in [1.82, 2.24) is 14.8 Å². The molecule has 2 heterocycles. The van der Waals surface area contributed by atoms with E-state index in [-0.39, 0.29) is 5.56 Å².